The van der Waals surface area contributed by atoms with Gasteiger partial charge in [0, 0.05) is 37.4 Å². The number of ether oxygens (including phenoxy) is 1. The predicted octanol–water partition coefficient (Wildman–Crippen LogP) is 5.59. The first-order valence-corrected chi connectivity index (χ1v) is 10.6. The molecule has 0 N–H and O–H groups in total. The molecule has 0 aliphatic carbocycles. The van der Waals surface area contributed by atoms with Crippen molar-refractivity contribution in [3.63, 3.8) is 0 Å². The van der Waals surface area contributed by atoms with Crippen LogP contribution in [0.4, 0.5) is 5.69 Å². The number of fused-ring (bicyclic) bond motifs is 1. The summed E-state index contributed by atoms with van der Waals surface area (Å²) in [5.41, 5.74) is 1.94. The largest absolute Gasteiger partial charge is 0.457 e. The minimum Gasteiger partial charge on any atom is -0.457 e. The van der Waals surface area contributed by atoms with Gasteiger partial charge in [0.25, 0.3) is 5.91 Å². The molecule has 4 heteroatoms. The van der Waals surface area contributed by atoms with Gasteiger partial charge in [-0.05, 0) is 53.2 Å². The number of carbonyl (C=O) groups is 1. The van der Waals surface area contributed by atoms with Crippen LogP contribution in [0.5, 0.6) is 11.5 Å². The number of hydrogen-bond acceptors (Lipinski definition) is 3. The molecule has 1 aliphatic heterocycles. The Balaban J connectivity index is 1.23. The van der Waals surface area contributed by atoms with E-state index in [1.807, 2.05) is 77.7 Å². The normalized spacial score (nSPS) is 13.9. The Morgan fingerprint density at radius 3 is 2.06 bits per heavy atom. The Hall–Kier alpha value is -3.79. The van der Waals surface area contributed by atoms with Gasteiger partial charge in [-0.2, -0.15) is 0 Å². The average molecular weight is 409 g/mol. The molecule has 31 heavy (non-hydrogen) atoms. The van der Waals surface area contributed by atoms with Gasteiger partial charge in [0.2, 0.25) is 0 Å². The lowest BCUT2D eigenvalue weighted by Crippen LogP contribution is -2.48. The number of benzene rings is 4. The van der Waals surface area contributed by atoms with E-state index in [-0.39, 0.29) is 5.91 Å². The fourth-order valence-corrected chi connectivity index (χ4v) is 4.10. The summed E-state index contributed by atoms with van der Waals surface area (Å²) in [6.07, 6.45) is 0. The Labute approximate surface area is 182 Å². The highest BCUT2D eigenvalue weighted by Crippen LogP contribution is 2.26. The summed E-state index contributed by atoms with van der Waals surface area (Å²) in [7, 11) is 0. The fraction of sp³-hybridized carbons (Fsp3) is 0.148. The molecule has 0 radical (unpaired) electrons. The van der Waals surface area contributed by atoms with E-state index in [0.29, 0.717) is 13.1 Å². The molecule has 5 rings (SSSR count). The van der Waals surface area contributed by atoms with E-state index in [2.05, 4.69) is 29.2 Å². The van der Waals surface area contributed by atoms with Gasteiger partial charge >= 0.3 is 0 Å². The Morgan fingerprint density at radius 2 is 1.29 bits per heavy atom. The number of anilines is 1. The third kappa shape index (κ3) is 4.10. The molecule has 154 valence electrons. The van der Waals surface area contributed by atoms with Crippen molar-refractivity contribution in [2.24, 2.45) is 0 Å². The number of para-hydroxylation sites is 1. The van der Waals surface area contributed by atoms with Crippen molar-refractivity contribution in [2.75, 3.05) is 31.1 Å². The van der Waals surface area contributed by atoms with Crippen molar-refractivity contribution in [1.82, 2.24) is 4.90 Å². The second kappa shape index (κ2) is 8.52. The highest BCUT2D eigenvalue weighted by molar-refractivity contribution is 6.07. The zero-order valence-electron chi connectivity index (χ0n) is 17.3. The number of hydrogen-bond donors (Lipinski definition) is 0. The quantitative estimate of drug-likeness (QED) is 0.441. The van der Waals surface area contributed by atoms with E-state index < -0.39 is 0 Å². The fourth-order valence-electron chi connectivity index (χ4n) is 4.10. The molecule has 4 aromatic carbocycles. The number of nitrogens with zero attached hydrogens (tertiary/aromatic N) is 2. The SMILES string of the molecule is O=C(c1cccc2ccccc12)N1CCN(c2ccc(Oc3ccccc3)cc2)CC1. The van der Waals surface area contributed by atoms with Crippen molar-refractivity contribution < 1.29 is 9.53 Å². The summed E-state index contributed by atoms with van der Waals surface area (Å²) < 4.78 is 5.88. The van der Waals surface area contributed by atoms with Gasteiger partial charge in [0.15, 0.2) is 0 Å². The molecule has 1 amide bonds. The number of rotatable bonds is 4. The maximum atomic E-state index is 13.2. The minimum atomic E-state index is 0.114. The lowest BCUT2D eigenvalue weighted by Gasteiger charge is -2.36. The molecule has 0 atom stereocenters. The Bertz CT molecular complexity index is 1180. The highest BCUT2D eigenvalue weighted by atomic mass is 16.5. The maximum absolute atomic E-state index is 13.2. The first kappa shape index (κ1) is 19.2. The van der Waals surface area contributed by atoms with Crippen LogP contribution in [0.3, 0.4) is 0 Å². The molecule has 4 nitrogen and oxygen atoms in total. The van der Waals surface area contributed by atoms with Crippen LogP contribution in [0.1, 0.15) is 10.4 Å². The van der Waals surface area contributed by atoms with Gasteiger partial charge in [0.1, 0.15) is 11.5 Å². The molecule has 4 aromatic rings. The van der Waals surface area contributed by atoms with Crippen molar-refractivity contribution in [1.29, 1.82) is 0 Å². The van der Waals surface area contributed by atoms with Crippen molar-refractivity contribution in [2.45, 2.75) is 0 Å². The highest BCUT2D eigenvalue weighted by Gasteiger charge is 2.23. The van der Waals surface area contributed by atoms with E-state index in [9.17, 15) is 4.79 Å². The third-order valence-corrected chi connectivity index (χ3v) is 5.77. The van der Waals surface area contributed by atoms with Crippen LogP contribution in [0, 0.1) is 0 Å². The smallest absolute Gasteiger partial charge is 0.254 e. The predicted molar refractivity (Wildman–Crippen MR) is 125 cm³/mol. The van der Waals surface area contributed by atoms with Crippen LogP contribution in [0.2, 0.25) is 0 Å². The average Bonchev–Trinajstić information content (AvgIpc) is 2.84. The topological polar surface area (TPSA) is 32.8 Å². The van der Waals surface area contributed by atoms with Gasteiger partial charge in [-0.25, -0.2) is 0 Å². The molecule has 0 unspecified atom stereocenters. The minimum absolute atomic E-state index is 0.114. The zero-order valence-corrected chi connectivity index (χ0v) is 17.3. The van der Waals surface area contributed by atoms with Crippen LogP contribution < -0.4 is 9.64 Å². The molecule has 0 bridgehead atoms. The van der Waals surface area contributed by atoms with Crippen LogP contribution in [0.15, 0.2) is 97.1 Å². The third-order valence-electron chi connectivity index (χ3n) is 5.77. The van der Waals surface area contributed by atoms with Gasteiger partial charge in [-0.3, -0.25) is 4.79 Å². The van der Waals surface area contributed by atoms with E-state index in [1.54, 1.807) is 0 Å². The van der Waals surface area contributed by atoms with E-state index >= 15 is 0 Å². The van der Waals surface area contributed by atoms with Crippen LogP contribution in [0.25, 0.3) is 10.8 Å². The summed E-state index contributed by atoms with van der Waals surface area (Å²) in [4.78, 5) is 17.4. The number of carbonyl (C=O) groups excluding carboxylic acids is 1. The van der Waals surface area contributed by atoms with Gasteiger partial charge in [0.05, 0.1) is 0 Å². The second-order valence-corrected chi connectivity index (χ2v) is 7.71. The molecule has 1 saturated heterocycles. The molecule has 0 spiro atoms. The molecule has 0 aromatic heterocycles. The van der Waals surface area contributed by atoms with E-state index in [0.717, 1.165) is 46.6 Å². The molecular weight excluding hydrogens is 384 g/mol. The van der Waals surface area contributed by atoms with Gasteiger partial charge in [-0.15, -0.1) is 0 Å². The van der Waals surface area contributed by atoms with Crippen LogP contribution >= 0.6 is 0 Å². The van der Waals surface area contributed by atoms with Crippen molar-refractivity contribution >= 4 is 22.4 Å². The first-order chi connectivity index (χ1) is 15.3. The lowest BCUT2D eigenvalue weighted by atomic mass is 10.0. The van der Waals surface area contributed by atoms with E-state index in [4.69, 9.17) is 4.74 Å². The first-order valence-electron chi connectivity index (χ1n) is 10.6. The summed E-state index contributed by atoms with van der Waals surface area (Å²) in [6.45, 7) is 3.05. The van der Waals surface area contributed by atoms with E-state index in [1.165, 1.54) is 0 Å². The Kier molecular flexibility index (Phi) is 5.28. The number of amides is 1. The summed E-state index contributed by atoms with van der Waals surface area (Å²) in [6, 6.07) is 32.0. The zero-order chi connectivity index (χ0) is 21.0. The van der Waals surface area contributed by atoms with Crippen LogP contribution in [-0.4, -0.2) is 37.0 Å². The monoisotopic (exact) mass is 408 g/mol. The molecular formula is C27H24N2O2. The van der Waals surface area contributed by atoms with Crippen LogP contribution in [-0.2, 0) is 0 Å². The van der Waals surface area contributed by atoms with Gasteiger partial charge < -0.3 is 14.5 Å². The summed E-state index contributed by atoms with van der Waals surface area (Å²) >= 11 is 0. The summed E-state index contributed by atoms with van der Waals surface area (Å²) in [5.74, 6) is 1.76. The number of piperazine rings is 1. The molecule has 1 fully saturated rings. The Morgan fingerprint density at radius 1 is 0.645 bits per heavy atom. The van der Waals surface area contributed by atoms with Gasteiger partial charge in [-0.1, -0.05) is 54.6 Å². The molecule has 1 aliphatic rings. The maximum Gasteiger partial charge on any atom is 0.254 e. The van der Waals surface area contributed by atoms with Crippen molar-refractivity contribution in [3.05, 3.63) is 103 Å². The molecule has 0 saturated carbocycles. The summed E-state index contributed by atoms with van der Waals surface area (Å²) in [5, 5.41) is 2.12. The standard InChI is InChI=1S/C27H24N2O2/c30-27(26-12-6-8-21-7-4-5-11-25(21)26)29-19-17-28(18-20-29)22-13-15-24(16-14-22)31-23-9-2-1-3-10-23/h1-16H,17-20H2. The molecule has 1 heterocycles. The lowest BCUT2D eigenvalue weighted by molar-refractivity contribution is 0.0749. The second-order valence-electron chi connectivity index (χ2n) is 7.71. The van der Waals surface area contributed by atoms with Crippen molar-refractivity contribution in [3.8, 4) is 11.5 Å².